The summed E-state index contributed by atoms with van der Waals surface area (Å²) in [4.78, 5) is 0.407. The van der Waals surface area contributed by atoms with Gasteiger partial charge in [-0.05, 0) is 62.4 Å². The van der Waals surface area contributed by atoms with Crippen molar-refractivity contribution in [3.05, 3.63) is 27.8 Å². The molecule has 0 aliphatic carbocycles. The quantitative estimate of drug-likeness (QED) is 0.843. The van der Waals surface area contributed by atoms with Gasteiger partial charge in [0.1, 0.15) is 0 Å². The van der Waals surface area contributed by atoms with Crippen molar-refractivity contribution in [2.75, 3.05) is 20.3 Å². The number of hydrogen-bond acceptors (Lipinski definition) is 3. The van der Waals surface area contributed by atoms with Gasteiger partial charge in [0.2, 0.25) is 10.0 Å². The molecule has 0 aliphatic heterocycles. The monoisotopic (exact) mass is 285 g/mol. The highest BCUT2D eigenvalue weighted by atomic mass is 32.2. The second-order valence-corrected chi connectivity index (χ2v) is 6.55. The Hall–Kier alpha value is -0.910. The molecular weight excluding hydrogens is 262 g/mol. The van der Waals surface area contributed by atoms with Crippen molar-refractivity contribution < 1.29 is 13.2 Å². The van der Waals surface area contributed by atoms with Gasteiger partial charge in [-0.25, -0.2) is 13.1 Å². The lowest BCUT2D eigenvalue weighted by Crippen LogP contribution is -2.29. The van der Waals surface area contributed by atoms with E-state index in [0.717, 1.165) is 27.8 Å². The van der Waals surface area contributed by atoms with Crippen LogP contribution in [0.15, 0.2) is 4.90 Å². The second kappa shape index (κ2) is 6.03. The maximum Gasteiger partial charge on any atom is 0.241 e. The Kier molecular flexibility index (Phi) is 5.12. The Morgan fingerprint density at radius 2 is 1.32 bits per heavy atom. The molecule has 1 aromatic carbocycles. The fraction of sp³-hybridized carbons (Fsp3) is 0.571. The summed E-state index contributed by atoms with van der Waals surface area (Å²) in [7, 11) is -1.94. The van der Waals surface area contributed by atoms with Crippen LogP contribution >= 0.6 is 0 Å². The molecule has 0 aromatic heterocycles. The molecule has 0 atom stereocenters. The fourth-order valence-electron chi connectivity index (χ4n) is 2.22. The minimum Gasteiger partial charge on any atom is -0.383 e. The third-order valence-electron chi connectivity index (χ3n) is 3.80. The first kappa shape index (κ1) is 16.1. The lowest BCUT2D eigenvalue weighted by molar-refractivity contribution is 0.204. The Morgan fingerprint density at radius 3 is 1.74 bits per heavy atom. The predicted octanol–water partition coefficient (Wildman–Crippen LogP) is 2.15. The molecule has 0 saturated heterocycles. The SMILES string of the molecule is COCCNS(=O)(=O)c1c(C)c(C)c(C)c(C)c1C. The van der Waals surface area contributed by atoms with Crippen LogP contribution in [-0.4, -0.2) is 28.7 Å². The van der Waals surface area contributed by atoms with Crippen molar-refractivity contribution in [2.24, 2.45) is 0 Å². The lowest BCUT2D eigenvalue weighted by atomic mass is 9.95. The maximum absolute atomic E-state index is 12.4. The minimum absolute atomic E-state index is 0.281. The third kappa shape index (κ3) is 3.16. The van der Waals surface area contributed by atoms with Crippen LogP contribution in [0.4, 0.5) is 0 Å². The Morgan fingerprint density at radius 1 is 0.895 bits per heavy atom. The largest absolute Gasteiger partial charge is 0.383 e. The highest BCUT2D eigenvalue weighted by molar-refractivity contribution is 7.89. The smallest absolute Gasteiger partial charge is 0.241 e. The van der Waals surface area contributed by atoms with E-state index < -0.39 is 10.0 Å². The molecule has 5 heteroatoms. The van der Waals surface area contributed by atoms with Crippen molar-refractivity contribution in [3.8, 4) is 0 Å². The topological polar surface area (TPSA) is 55.4 Å². The van der Waals surface area contributed by atoms with Gasteiger partial charge in [0.25, 0.3) is 0 Å². The van der Waals surface area contributed by atoms with Crippen LogP contribution in [-0.2, 0) is 14.8 Å². The summed E-state index contributed by atoms with van der Waals surface area (Å²) in [5.41, 5.74) is 4.88. The summed E-state index contributed by atoms with van der Waals surface area (Å²) in [5, 5.41) is 0. The molecule has 0 fully saturated rings. The maximum atomic E-state index is 12.4. The Labute approximate surface area is 116 Å². The first-order valence-corrected chi connectivity index (χ1v) is 7.78. The van der Waals surface area contributed by atoms with Crippen molar-refractivity contribution in [1.29, 1.82) is 0 Å². The van der Waals surface area contributed by atoms with Crippen LogP contribution in [0.2, 0.25) is 0 Å². The molecule has 108 valence electrons. The number of methoxy groups -OCH3 is 1. The van der Waals surface area contributed by atoms with Gasteiger partial charge in [-0.1, -0.05) is 0 Å². The number of benzene rings is 1. The van der Waals surface area contributed by atoms with Crippen LogP contribution < -0.4 is 4.72 Å². The summed E-state index contributed by atoms with van der Waals surface area (Å²) in [6, 6.07) is 0. The van der Waals surface area contributed by atoms with Gasteiger partial charge >= 0.3 is 0 Å². The number of rotatable bonds is 5. The van der Waals surface area contributed by atoms with E-state index in [1.54, 1.807) is 7.11 Å². The molecule has 0 aliphatic rings. The van der Waals surface area contributed by atoms with E-state index in [0.29, 0.717) is 11.5 Å². The van der Waals surface area contributed by atoms with Gasteiger partial charge in [0.05, 0.1) is 11.5 Å². The van der Waals surface area contributed by atoms with Crippen LogP contribution in [0.3, 0.4) is 0 Å². The molecule has 1 aromatic rings. The Bertz CT molecular complexity index is 548. The zero-order valence-electron chi connectivity index (χ0n) is 12.5. The lowest BCUT2D eigenvalue weighted by Gasteiger charge is -2.18. The summed E-state index contributed by atoms with van der Waals surface area (Å²) < 4.78 is 32.2. The first-order chi connectivity index (χ1) is 8.74. The van der Waals surface area contributed by atoms with Crippen molar-refractivity contribution in [3.63, 3.8) is 0 Å². The molecule has 0 bridgehead atoms. The van der Waals surface area contributed by atoms with Crippen molar-refractivity contribution >= 4 is 10.0 Å². The molecule has 4 nitrogen and oxygen atoms in total. The van der Waals surface area contributed by atoms with E-state index in [-0.39, 0.29) is 6.54 Å². The average Bonchev–Trinajstić information content (AvgIpc) is 2.34. The highest BCUT2D eigenvalue weighted by Crippen LogP contribution is 2.29. The van der Waals surface area contributed by atoms with E-state index >= 15 is 0 Å². The standard InChI is InChI=1S/C14H23NO3S/c1-9-10(2)12(4)14(13(5)11(9)3)19(16,17)15-7-8-18-6/h15H,7-8H2,1-6H3. The fourth-order valence-corrected chi connectivity index (χ4v) is 3.83. The highest BCUT2D eigenvalue weighted by Gasteiger charge is 2.22. The average molecular weight is 285 g/mol. The third-order valence-corrected chi connectivity index (χ3v) is 5.53. The molecule has 1 rings (SSSR count). The van der Waals surface area contributed by atoms with Gasteiger partial charge in [0, 0.05) is 13.7 Å². The second-order valence-electron chi connectivity index (χ2n) is 4.84. The number of sulfonamides is 1. The van der Waals surface area contributed by atoms with E-state index in [1.165, 1.54) is 0 Å². The molecule has 0 radical (unpaired) electrons. The Balaban J connectivity index is 3.35. The van der Waals surface area contributed by atoms with Gasteiger partial charge in [-0.3, -0.25) is 0 Å². The zero-order valence-corrected chi connectivity index (χ0v) is 13.4. The van der Waals surface area contributed by atoms with Gasteiger partial charge in [-0.15, -0.1) is 0 Å². The van der Waals surface area contributed by atoms with E-state index in [9.17, 15) is 8.42 Å². The van der Waals surface area contributed by atoms with Crippen LogP contribution in [0.25, 0.3) is 0 Å². The molecule has 0 unspecified atom stereocenters. The zero-order chi connectivity index (χ0) is 14.8. The molecule has 0 saturated carbocycles. The van der Waals surface area contributed by atoms with Crippen LogP contribution in [0.5, 0.6) is 0 Å². The van der Waals surface area contributed by atoms with Crippen LogP contribution in [0, 0.1) is 34.6 Å². The van der Waals surface area contributed by atoms with Gasteiger partial charge in [-0.2, -0.15) is 0 Å². The minimum atomic E-state index is -3.49. The molecule has 0 spiro atoms. The number of nitrogens with one attached hydrogen (secondary N) is 1. The van der Waals surface area contributed by atoms with Gasteiger partial charge in [0.15, 0.2) is 0 Å². The normalized spacial score (nSPS) is 11.9. The van der Waals surface area contributed by atoms with Crippen molar-refractivity contribution in [2.45, 2.75) is 39.5 Å². The molecule has 19 heavy (non-hydrogen) atoms. The summed E-state index contributed by atoms with van der Waals surface area (Å²) in [6.07, 6.45) is 0. The molecular formula is C14H23NO3S. The molecule has 1 N–H and O–H groups in total. The van der Waals surface area contributed by atoms with Crippen LogP contribution in [0.1, 0.15) is 27.8 Å². The molecule has 0 amide bonds. The van der Waals surface area contributed by atoms with E-state index in [4.69, 9.17) is 4.74 Å². The predicted molar refractivity (Wildman–Crippen MR) is 77.2 cm³/mol. The summed E-state index contributed by atoms with van der Waals surface area (Å²) >= 11 is 0. The van der Waals surface area contributed by atoms with Crippen molar-refractivity contribution in [1.82, 2.24) is 4.72 Å². The van der Waals surface area contributed by atoms with E-state index in [2.05, 4.69) is 4.72 Å². The molecule has 0 heterocycles. The van der Waals surface area contributed by atoms with E-state index in [1.807, 2.05) is 34.6 Å². The number of ether oxygens (including phenoxy) is 1. The first-order valence-electron chi connectivity index (χ1n) is 6.29. The summed E-state index contributed by atoms with van der Waals surface area (Å²) in [5.74, 6) is 0. The number of hydrogen-bond donors (Lipinski definition) is 1. The van der Waals surface area contributed by atoms with Gasteiger partial charge < -0.3 is 4.74 Å². The summed E-state index contributed by atoms with van der Waals surface area (Å²) in [6.45, 7) is 10.3.